The van der Waals surface area contributed by atoms with Gasteiger partial charge in [-0.2, -0.15) is 0 Å². The third-order valence-corrected chi connectivity index (χ3v) is 6.17. The summed E-state index contributed by atoms with van der Waals surface area (Å²) in [5, 5.41) is 2.30. The number of benzene rings is 2. The van der Waals surface area contributed by atoms with E-state index < -0.39 is 0 Å². The second kappa shape index (κ2) is 5.85. The number of hydrogen-bond acceptors (Lipinski definition) is 3. The molecule has 0 atom stereocenters. The molecule has 4 aromatic rings. The third-order valence-electron chi connectivity index (χ3n) is 4.93. The summed E-state index contributed by atoms with van der Waals surface area (Å²) in [5.74, 6) is 1.32. The van der Waals surface area contributed by atoms with Gasteiger partial charge in [-0.15, -0.1) is 11.3 Å². The Kier molecular flexibility index (Phi) is 3.47. The molecule has 0 amide bonds. The number of aliphatic imine (C=N–C) groups is 1. The van der Waals surface area contributed by atoms with Crippen molar-refractivity contribution in [1.82, 2.24) is 0 Å². The van der Waals surface area contributed by atoms with Crippen LogP contribution in [0, 0.1) is 6.92 Å². The van der Waals surface area contributed by atoms with Crippen LogP contribution in [0.1, 0.15) is 28.2 Å². The Labute approximate surface area is 155 Å². The molecule has 0 bridgehead atoms. The van der Waals surface area contributed by atoms with Crippen molar-refractivity contribution in [3.05, 3.63) is 70.3 Å². The van der Waals surface area contributed by atoms with E-state index in [1.807, 2.05) is 31.2 Å². The molecule has 0 unspecified atom stereocenters. The van der Waals surface area contributed by atoms with Gasteiger partial charge in [0.15, 0.2) is 0 Å². The zero-order valence-corrected chi connectivity index (χ0v) is 15.3. The van der Waals surface area contributed by atoms with Gasteiger partial charge in [0.25, 0.3) is 0 Å². The average molecular weight is 358 g/mol. The van der Waals surface area contributed by atoms with Crippen molar-refractivity contribution in [2.24, 2.45) is 10.7 Å². The van der Waals surface area contributed by atoms with Crippen LogP contribution in [0.5, 0.6) is 0 Å². The lowest BCUT2D eigenvalue weighted by atomic mass is 10.00. The fourth-order valence-electron chi connectivity index (χ4n) is 3.67. The first kappa shape index (κ1) is 15.4. The van der Waals surface area contributed by atoms with Crippen LogP contribution in [0.2, 0.25) is 0 Å². The fourth-order valence-corrected chi connectivity index (χ4v) is 4.98. The van der Waals surface area contributed by atoms with E-state index in [0.29, 0.717) is 5.84 Å². The molecule has 1 aliphatic carbocycles. The standard InChI is InChI=1S/C22H18N2OS/c1-13-20(16-8-2-4-11-18(16)25-13)24-22(23)17-10-6-9-15-14-7-3-5-12-19(14)26-21(15)17/h2,4-6,8-12H,3,7H2,1H3,(H2,23,24). The average Bonchev–Trinajstić information content (AvgIpc) is 3.19. The van der Waals surface area contributed by atoms with Crippen LogP contribution < -0.4 is 5.73 Å². The van der Waals surface area contributed by atoms with E-state index in [0.717, 1.165) is 40.8 Å². The Morgan fingerprint density at radius 1 is 1.12 bits per heavy atom. The first-order valence-electron chi connectivity index (χ1n) is 8.76. The second-order valence-electron chi connectivity index (χ2n) is 6.57. The Bertz CT molecular complexity index is 1210. The summed E-state index contributed by atoms with van der Waals surface area (Å²) in [4.78, 5) is 6.11. The van der Waals surface area contributed by atoms with Gasteiger partial charge in [-0.25, -0.2) is 4.99 Å². The quantitative estimate of drug-likeness (QED) is 0.355. The van der Waals surface area contributed by atoms with E-state index in [1.165, 1.54) is 20.5 Å². The SMILES string of the molecule is Cc1oc2ccccc2c1N=C(N)c1cccc2c3c(sc12)C=CCC3. The molecule has 1 aliphatic rings. The molecule has 2 aromatic heterocycles. The highest BCUT2D eigenvalue weighted by atomic mass is 32.1. The van der Waals surface area contributed by atoms with Crippen LogP contribution in [0.15, 0.2) is 58.0 Å². The minimum atomic E-state index is 0.535. The van der Waals surface area contributed by atoms with Gasteiger partial charge in [0, 0.05) is 20.5 Å². The maximum Gasteiger partial charge on any atom is 0.136 e. The van der Waals surface area contributed by atoms with E-state index in [4.69, 9.17) is 15.1 Å². The molecule has 0 aliphatic heterocycles. The number of furan rings is 1. The van der Waals surface area contributed by atoms with Crippen LogP contribution in [-0.4, -0.2) is 5.84 Å². The number of fused-ring (bicyclic) bond motifs is 4. The van der Waals surface area contributed by atoms with E-state index in [9.17, 15) is 0 Å². The van der Waals surface area contributed by atoms with E-state index >= 15 is 0 Å². The van der Waals surface area contributed by atoms with Gasteiger partial charge in [0.05, 0.1) is 0 Å². The molecule has 128 valence electrons. The van der Waals surface area contributed by atoms with Crippen molar-refractivity contribution >= 4 is 50.0 Å². The number of para-hydroxylation sites is 1. The van der Waals surface area contributed by atoms with Crippen LogP contribution in [-0.2, 0) is 6.42 Å². The number of rotatable bonds is 2. The maximum absolute atomic E-state index is 6.47. The van der Waals surface area contributed by atoms with Crippen LogP contribution in [0.4, 0.5) is 5.69 Å². The van der Waals surface area contributed by atoms with Crippen LogP contribution >= 0.6 is 11.3 Å². The largest absolute Gasteiger partial charge is 0.459 e. The smallest absolute Gasteiger partial charge is 0.136 e. The predicted molar refractivity (Wildman–Crippen MR) is 111 cm³/mol. The number of thiophene rings is 1. The Morgan fingerprint density at radius 3 is 2.88 bits per heavy atom. The van der Waals surface area contributed by atoms with Crippen LogP contribution in [0.3, 0.4) is 0 Å². The summed E-state index contributed by atoms with van der Waals surface area (Å²) < 4.78 is 7.04. The van der Waals surface area contributed by atoms with Gasteiger partial charge in [-0.3, -0.25) is 0 Å². The Balaban J connectivity index is 1.70. The van der Waals surface area contributed by atoms with E-state index in [-0.39, 0.29) is 0 Å². The summed E-state index contributed by atoms with van der Waals surface area (Å²) in [6.07, 6.45) is 6.68. The molecule has 2 N–H and O–H groups in total. The van der Waals surface area contributed by atoms with Gasteiger partial charge in [-0.05, 0) is 55.0 Å². The molecule has 3 nitrogen and oxygen atoms in total. The van der Waals surface area contributed by atoms with Crippen molar-refractivity contribution < 1.29 is 4.42 Å². The zero-order valence-electron chi connectivity index (χ0n) is 14.5. The van der Waals surface area contributed by atoms with Gasteiger partial charge in [0.1, 0.15) is 22.9 Å². The summed E-state index contributed by atoms with van der Waals surface area (Å²) in [7, 11) is 0. The molecule has 0 radical (unpaired) electrons. The lowest BCUT2D eigenvalue weighted by molar-refractivity contribution is 0.579. The monoisotopic (exact) mass is 358 g/mol. The van der Waals surface area contributed by atoms with Gasteiger partial charge in [0.2, 0.25) is 0 Å². The summed E-state index contributed by atoms with van der Waals surface area (Å²) in [6, 6.07) is 14.3. The number of allylic oxidation sites excluding steroid dienone is 1. The number of hydrogen-bond donors (Lipinski definition) is 1. The Hall–Kier alpha value is -2.85. The molecule has 0 fully saturated rings. The van der Waals surface area contributed by atoms with Crippen molar-refractivity contribution in [3.8, 4) is 0 Å². The minimum Gasteiger partial charge on any atom is -0.459 e. The molecule has 26 heavy (non-hydrogen) atoms. The van der Waals surface area contributed by atoms with Crippen molar-refractivity contribution in [2.75, 3.05) is 0 Å². The number of nitrogens with zero attached hydrogens (tertiary/aromatic N) is 1. The van der Waals surface area contributed by atoms with Gasteiger partial charge < -0.3 is 10.2 Å². The van der Waals surface area contributed by atoms with Gasteiger partial charge >= 0.3 is 0 Å². The second-order valence-corrected chi connectivity index (χ2v) is 7.62. The lowest BCUT2D eigenvalue weighted by Gasteiger charge is -2.05. The number of nitrogens with two attached hydrogens (primary N) is 1. The summed E-state index contributed by atoms with van der Waals surface area (Å²) in [5.41, 5.74) is 10.6. The third kappa shape index (κ3) is 2.30. The van der Waals surface area contributed by atoms with Crippen molar-refractivity contribution in [3.63, 3.8) is 0 Å². The molecule has 0 saturated carbocycles. The molecular formula is C22H18N2OS. The lowest BCUT2D eigenvalue weighted by Crippen LogP contribution is -2.12. The number of aryl methyl sites for hydroxylation is 2. The minimum absolute atomic E-state index is 0.535. The predicted octanol–water partition coefficient (Wildman–Crippen LogP) is 5.95. The normalized spacial score (nSPS) is 14.3. The zero-order chi connectivity index (χ0) is 17.7. The highest BCUT2D eigenvalue weighted by Crippen LogP contribution is 2.38. The summed E-state index contributed by atoms with van der Waals surface area (Å²) in [6.45, 7) is 1.93. The molecule has 0 spiro atoms. The topological polar surface area (TPSA) is 51.5 Å². The molecule has 2 aromatic carbocycles. The van der Waals surface area contributed by atoms with E-state index in [1.54, 1.807) is 11.3 Å². The molecule has 2 heterocycles. The summed E-state index contributed by atoms with van der Waals surface area (Å²) >= 11 is 1.80. The van der Waals surface area contributed by atoms with E-state index in [2.05, 4.69) is 30.4 Å². The molecule has 5 rings (SSSR count). The maximum atomic E-state index is 6.47. The van der Waals surface area contributed by atoms with Crippen molar-refractivity contribution in [2.45, 2.75) is 19.8 Å². The van der Waals surface area contributed by atoms with Crippen molar-refractivity contribution in [1.29, 1.82) is 0 Å². The first-order valence-corrected chi connectivity index (χ1v) is 9.57. The highest BCUT2D eigenvalue weighted by molar-refractivity contribution is 7.20. The molecule has 0 saturated heterocycles. The van der Waals surface area contributed by atoms with Crippen LogP contribution in [0.25, 0.3) is 27.1 Å². The molecular weight excluding hydrogens is 340 g/mol. The molecule has 4 heteroatoms. The fraction of sp³-hybridized carbons (Fsp3) is 0.136. The Morgan fingerprint density at radius 2 is 1.96 bits per heavy atom. The first-order chi connectivity index (χ1) is 12.7. The highest BCUT2D eigenvalue weighted by Gasteiger charge is 2.17. The van der Waals surface area contributed by atoms with Gasteiger partial charge in [-0.1, -0.05) is 30.3 Å². The number of amidine groups is 1.